The Morgan fingerprint density at radius 2 is 2.05 bits per heavy atom. The first-order chi connectivity index (χ1) is 9.11. The van der Waals surface area contributed by atoms with E-state index in [1.54, 1.807) is 24.3 Å². The molecule has 104 valence electrons. The van der Waals surface area contributed by atoms with E-state index in [0.29, 0.717) is 18.0 Å². The molecule has 0 aliphatic rings. The largest absolute Gasteiger partial charge is 0.486 e. The van der Waals surface area contributed by atoms with E-state index in [1.165, 1.54) is 0 Å². The molecule has 0 fully saturated rings. The maximum atomic E-state index is 11.5. The summed E-state index contributed by atoms with van der Waals surface area (Å²) >= 11 is 0. The van der Waals surface area contributed by atoms with Crippen LogP contribution in [0.15, 0.2) is 24.3 Å². The normalized spacial score (nSPS) is 9.74. The highest BCUT2D eigenvalue weighted by molar-refractivity contribution is 5.89. The third kappa shape index (κ3) is 6.30. The number of anilines is 1. The zero-order chi connectivity index (χ0) is 14.1. The van der Waals surface area contributed by atoms with Crippen molar-refractivity contribution < 1.29 is 9.53 Å². The number of nitrogens with one attached hydrogen (secondary N) is 3. The first kappa shape index (κ1) is 14.8. The quantitative estimate of drug-likeness (QED) is 0.344. The van der Waals surface area contributed by atoms with Crippen LogP contribution in [0.5, 0.6) is 5.75 Å². The van der Waals surface area contributed by atoms with Crippen LogP contribution in [0.1, 0.15) is 19.8 Å². The number of hydrogen-bond donors (Lipinski definition) is 4. The van der Waals surface area contributed by atoms with Gasteiger partial charge >= 0.3 is 6.03 Å². The molecule has 0 heterocycles. The highest BCUT2D eigenvalue weighted by atomic mass is 16.5. The molecule has 0 aliphatic heterocycles. The predicted octanol–water partition coefficient (Wildman–Crippen LogP) is 1.92. The van der Waals surface area contributed by atoms with E-state index in [4.69, 9.17) is 15.9 Å². The zero-order valence-corrected chi connectivity index (χ0v) is 11.0. The van der Waals surface area contributed by atoms with Crippen LogP contribution < -0.4 is 21.1 Å². The summed E-state index contributed by atoms with van der Waals surface area (Å²) in [6.45, 7) is 2.80. The molecule has 0 atom stereocenters. The molecule has 6 nitrogen and oxygen atoms in total. The summed E-state index contributed by atoms with van der Waals surface area (Å²) in [4.78, 5) is 11.5. The minimum absolute atomic E-state index is 0.0301. The molecule has 1 rings (SSSR count). The number of carbonyl (C=O) groups excluding carboxylic acids is 1. The lowest BCUT2D eigenvalue weighted by molar-refractivity contribution is 0.252. The van der Waals surface area contributed by atoms with Crippen molar-refractivity contribution in [3.63, 3.8) is 0 Å². The molecule has 0 saturated heterocycles. The Kier molecular flexibility index (Phi) is 6.21. The summed E-state index contributed by atoms with van der Waals surface area (Å²) < 4.78 is 5.23. The number of unbranched alkanes of at least 4 members (excludes halogenated alkanes) is 1. The van der Waals surface area contributed by atoms with E-state index in [0.717, 1.165) is 12.8 Å². The van der Waals surface area contributed by atoms with Gasteiger partial charge in [-0.15, -0.1) is 0 Å². The smallest absolute Gasteiger partial charge is 0.319 e. The van der Waals surface area contributed by atoms with E-state index in [9.17, 15) is 4.79 Å². The molecule has 1 aromatic rings. The number of carbonyl (C=O) groups is 1. The van der Waals surface area contributed by atoms with E-state index in [-0.39, 0.29) is 18.5 Å². The average molecular weight is 264 g/mol. The SMILES string of the molecule is CCCCNC(=O)Nc1ccc(OCC(=N)N)cc1. The van der Waals surface area contributed by atoms with Gasteiger partial charge in [0, 0.05) is 12.2 Å². The molecule has 0 radical (unpaired) electrons. The number of rotatable bonds is 7. The van der Waals surface area contributed by atoms with Gasteiger partial charge in [0.2, 0.25) is 0 Å². The fourth-order valence-electron chi connectivity index (χ4n) is 1.35. The highest BCUT2D eigenvalue weighted by Crippen LogP contribution is 2.15. The number of nitrogens with two attached hydrogens (primary N) is 1. The minimum Gasteiger partial charge on any atom is -0.486 e. The van der Waals surface area contributed by atoms with Crippen molar-refractivity contribution in [2.75, 3.05) is 18.5 Å². The molecule has 0 bridgehead atoms. The van der Waals surface area contributed by atoms with Crippen molar-refractivity contribution in [1.82, 2.24) is 5.32 Å². The first-order valence-electron chi connectivity index (χ1n) is 6.22. The highest BCUT2D eigenvalue weighted by Gasteiger charge is 2.01. The lowest BCUT2D eigenvalue weighted by Gasteiger charge is -2.08. The third-order valence-corrected chi connectivity index (χ3v) is 2.32. The van der Waals surface area contributed by atoms with Crippen LogP contribution in [-0.2, 0) is 0 Å². The average Bonchev–Trinajstić information content (AvgIpc) is 2.38. The monoisotopic (exact) mass is 264 g/mol. The van der Waals surface area contributed by atoms with Crippen molar-refractivity contribution in [3.05, 3.63) is 24.3 Å². The number of amidine groups is 1. The maximum Gasteiger partial charge on any atom is 0.319 e. The topological polar surface area (TPSA) is 100 Å². The molecule has 0 saturated carbocycles. The minimum atomic E-state index is -0.217. The second-order valence-corrected chi connectivity index (χ2v) is 4.07. The number of hydrogen-bond acceptors (Lipinski definition) is 3. The van der Waals surface area contributed by atoms with E-state index in [1.807, 2.05) is 0 Å². The van der Waals surface area contributed by atoms with Crippen LogP contribution in [0.2, 0.25) is 0 Å². The second kappa shape index (κ2) is 7.97. The summed E-state index contributed by atoms with van der Waals surface area (Å²) in [7, 11) is 0. The molecule has 6 heteroatoms. The maximum absolute atomic E-state index is 11.5. The van der Waals surface area contributed by atoms with Crippen molar-refractivity contribution in [2.45, 2.75) is 19.8 Å². The summed E-state index contributed by atoms with van der Waals surface area (Å²) in [6.07, 6.45) is 2.01. The molecule has 19 heavy (non-hydrogen) atoms. The van der Waals surface area contributed by atoms with Gasteiger partial charge in [-0.3, -0.25) is 5.41 Å². The van der Waals surface area contributed by atoms with Gasteiger partial charge < -0.3 is 21.1 Å². The predicted molar refractivity (Wildman–Crippen MR) is 75.8 cm³/mol. The number of amides is 2. The molecule has 5 N–H and O–H groups in total. The van der Waals surface area contributed by atoms with Crippen molar-refractivity contribution >= 4 is 17.6 Å². The lowest BCUT2D eigenvalue weighted by atomic mass is 10.3. The van der Waals surface area contributed by atoms with E-state index < -0.39 is 0 Å². The molecular formula is C13H20N4O2. The van der Waals surface area contributed by atoms with Crippen LogP contribution in [0.4, 0.5) is 10.5 Å². The Morgan fingerprint density at radius 1 is 1.37 bits per heavy atom. The van der Waals surface area contributed by atoms with Crippen LogP contribution >= 0.6 is 0 Å². The Labute approximate surface area is 112 Å². The summed E-state index contributed by atoms with van der Waals surface area (Å²) in [5.74, 6) is 0.574. The van der Waals surface area contributed by atoms with Gasteiger partial charge in [0.05, 0.1) is 0 Å². The van der Waals surface area contributed by atoms with Gasteiger partial charge in [-0.1, -0.05) is 13.3 Å². The second-order valence-electron chi connectivity index (χ2n) is 4.07. The molecule has 0 aromatic heterocycles. The third-order valence-electron chi connectivity index (χ3n) is 2.32. The Morgan fingerprint density at radius 3 is 2.63 bits per heavy atom. The number of ether oxygens (including phenoxy) is 1. The van der Waals surface area contributed by atoms with Crippen LogP contribution in [0.3, 0.4) is 0 Å². The van der Waals surface area contributed by atoms with Crippen molar-refractivity contribution in [1.29, 1.82) is 5.41 Å². The van der Waals surface area contributed by atoms with Crippen LogP contribution in [0, 0.1) is 5.41 Å². The number of benzene rings is 1. The van der Waals surface area contributed by atoms with Gasteiger partial charge in [0.1, 0.15) is 18.2 Å². The van der Waals surface area contributed by atoms with E-state index in [2.05, 4.69) is 17.6 Å². The molecule has 0 spiro atoms. The molecule has 1 aromatic carbocycles. The van der Waals surface area contributed by atoms with E-state index >= 15 is 0 Å². The number of urea groups is 1. The molecule has 0 unspecified atom stereocenters. The summed E-state index contributed by atoms with van der Waals surface area (Å²) in [5.41, 5.74) is 5.87. The summed E-state index contributed by atoms with van der Waals surface area (Å²) in [6, 6.07) is 6.67. The fourth-order valence-corrected chi connectivity index (χ4v) is 1.35. The van der Waals surface area contributed by atoms with Gasteiger partial charge in [0.25, 0.3) is 0 Å². The van der Waals surface area contributed by atoms with Gasteiger partial charge in [-0.05, 0) is 30.7 Å². The zero-order valence-electron chi connectivity index (χ0n) is 11.0. The fraction of sp³-hybridized carbons (Fsp3) is 0.385. The standard InChI is InChI=1S/C13H20N4O2/c1-2-3-8-16-13(18)17-10-4-6-11(7-5-10)19-9-12(14)15/h4-7H,2-3,8-9H2,1H3,(H3,14,15)(H2,16,17,18). The lowest BCUT2D eigenvalue weighted by Crippen LogP contribution is -2.29. The van der Waals surface area contributed by atoms with Crippen LogP contribution in [0.25, 0.3) is 0 Å². The van der Waals surface area contributed by atoms with Crippen LogP contribution in [-0.4, -0.2) is 25.0 Å². The van der Waals surface area contributed by atoms with Crippen molar-refractivity contribution in [3.8, 4) is 5.75 Å². The van der Waals surface area contributed by atoms with Gasteiger partial charge in [-0.25, -0.2) is 4.79 Å². The molecule has 0 aliphatic carbocycles. The van der Waals surface area contributed by atoms with Crippen molar-refractivity contribution in [2.24, 2.45) is 5.73 Å². The molecule has 2 amide bonds. The first-order valence-corrected chi connectivity index (χ1v) is 6.22. The van der Waals surface area contributed by atoms with Gasteiger partial charge in [-0.2, -0.15) is 0 Å². The van der Waals surface area contributed by atoms with Gasteiger partial charge in [0.15, 0.2) is 0 Å². The Balaban J connectivity index is 2.39. The Hall–Kier alpha value is -2.24. The molecular weight excluding hydrogens is 244 g/mol. The summed E-state index contributed by atoms with van der Waals surface area (Å²) in [5, 5.41) is 12.5. The Bertz CT molecular complexity index is 417.